The largest absolute Gasteiger partial charge is 0.384 e. The number of rotatable bonds is 4. The number of hydrogen-bond donors (Lipinski definition) is 1. The second kappa shape index (κ2) is 7.16. The third-order valence-electron chi connectivity index (χ3n) is 4.53. The van der Waals surface area contributed by atoms with E-state index in [2.05, 4.69) is 51.6 Å². The summed E-state index contributed by atoms with van der Waals surface area (Å²) < 4.78 is 6.69. The van der Waals surface area contributed by atoms with E-state index in [9.17, 15) is 0 Å². The Morgan fingerprint density at radius 3 is 2.52 bits per heavy atom. The fourth-order valence-electron chi connectivity index (χ4n) is 3.08. The van der Waals surface area contributed by atoms with Crippen LogP contribution in [0.1, 0.15) is 24.0 Å². The van der Waals surface area contributed by atoms with E-state index in [-0.39, 0.29) is 5.41 Å². The molecule has 23 heavy (non-hydrogen) atoms. The number of ether oxygens (including phenoxy) is 1. The highest BCUT2D eigenvalue weighted by atomic mass is 79.9. The molecule has 1 saturated heterocycles. The molecule has 2 aromatic carbocycles. The molecular formula is C19H19BrN2O. The van der Waals surface area contributed by atoms with E-state index < -0.39 is 0 Å². The Bertz CT molecular complexity index is 700. The van der Waals surface area contributed by atoms with Crippen molar-refractivity contribution in [2.75, 3.05) is 25.1 Å². The van der Waals surface area contributed by atoms with Crippen LogP contribution in [0.15, 0.2) is 53.0 Å². The molecule has 1 fully saturated rings. The van der Waals surface area contributed by atoms with E-state index >= 15 is 0 Å². The maximum Gasteiger partial charge on any atom is 0.0991 e. The first kappa shape index (κ1) is 16.0. The molecule has 1 N–H and O–H groups in total. The van der Waals surface area contributed by atoms with Gasteiger partial charge in [0.1, 0.15) is 0 Å². The summed E-state index contributed by atoms with van der Waals surface area (Å²) in [5.74, 6) is 0. The molecule has 0 aliphatic carbocycles. The molecule has 0 spiro atoms. The normalized spacial score (nSPS) is 16.5. The van der Waals surface area contributed by atoms with Crippen molar-refractivity contribution in [1.29, 1.82) is 5.26 Å². The molecule has 3 rings (SSSR count). The second-order valence-corrected chi connectivity index (χ2v) is 6.86. The lowest BCUT2D eigenvalue weighted by atomic mass is 9.74. The third-order valence-corrected chi connectivity index (χ3v) is 5.03. The summed E-state index contributed by atoms with van der Waals surface area (Å²) in [6.45, 7) is 2.45. The first-order valence-corrected chi connectivity index (χ1v) is 8.59. The number of nitriles is 1. The second-order valence-electron chi connectivity index (χ2n) is 5.95. The molecule has 0 atom stereocenters. The summed E-state index contributed by atoms with van der Waals surface area (Å²) in [7, 11) is 0. The molecule has 0 aromatic heterocycles. The molecule has 118 valence electrons. The number of nitrogens with one attached hydrogen (secondary N) is 1. The van der Waals surface area contributed by atoms with Crippen molar-refractivity contribution >= 4 is 21.6 Å². The topological polar surface area (TPSA) is 45.0 Å². The van der Waals surface area contributed by atoms with Gasteiger partial charge in [-0.2, -0.15) is 5.26 Å². The Hall–Kier alpha value is -1.83. The molecule has 0 radical (unpaired) electrons. The van der Waals surface area contributed by atoms with Crippen LogP contribution in [-0.2, 0) is 10.2 Å². The molecule has 0 saturated carbocycles. The Morgan fingerprint density at radius 2 is 1.87 bits per heavy atom. The van der Waals surface area contributed by atoms with Gasteiger partial charge >= 0.3 is 0 Å². The fraction of sp³-hybridized carbons (Fsp3) is 0.316. The molecule has 0 amide bonds. The molecular weight excluding hydrogens is 352 g/mol. The van der Waals surface area contributed by atoms with Gasteiger partial charge in [-0.15, -0.1) is 0 Å². The minimum Gasteiger partial charge on any atom is -0.384 e. The molecule has 0 unspecified atom stereocenters. The van der Waals surface area contributed by atoms with Gasteiger partial charge < -0.3 is 10.1 Å². The van der Waals surface area contributed by atoms with Crippen LogP contribution in [0.3, 0.4) is 0 Å². The number of halogens is 1. The Labute approximate surface area is 145 Å². The van der Waals surface area contributed by atoms with Gasteiger partial charge in [0.15, 0.2) is 0 Å². The van der Waals surface area contributed by atoms with Crippen LogP contribution in [0.4, 0.5) is 5.69 Å². The number of nitrogens with zero attached hydrogens (tertiary/aromatic N) is 1. The minimum absolute atomic E-state index is 0.0793. The smallest absolute Gasteiger partial charge is 0.0991 e. The van der Waals surface area contributed by atoms with E-state index in [4.69, 9.17) is 10.00 Å². The van der Waals surface area contributed by atoms with E-state index in [1.807, 2.05) is 24.3 Å². The summed E-state index contributed by atoms with van der Waals surface area (Å²) in [6, 6.07) is 18.3. The number of anilines is 1. The van der Waals surface area contributed by atoms with Crippen molar-refractivity contribution in [2.45, 2.75) is 18.3 Å². The van der Waals surface area contributed by atoms with Crippen molar-refractivity contribution in [1.82, 2.24) is 0 Å². The average molecular weight is 371 g/mol. The van der Waals surface area contributed by atoms with Gasteiger partial charge in [-0.1, -0.05) is 28.1 Å². The van der Waals surface area contributed by atoms with E-state index in [0.717, 1.165) is 42.8 Å². The Kier molecular flexibility index (Phi) is 5.00. The van der Waals surface area contributed by atoms with Crippen LogP contribution in [0, 0.1) is 11.3 Å². The summed E-state index contributed by atoms with van der Waals surface area (Å²) in [4.78, 5) is 0. The van der Waals surface area contributed by atoms with Crippen molar-refractivity contribution in [3.05, 3.63) is 64.1 Å². The van der Waals surface area contributed by atoms with Gasteiger partial charge in [-0.3, -0.25) is 0 Å². The predicted molar refractivity (Wildman–Crippen MR) is 95.5 cm³/mol. The highest BCUT2D eigenvalue weighted by molar-refractivity contribution is 9.10. The highest BCUT2D eigenvalue weighted by Crippen LogP contribution is 2.36. The summed E-state index contributed by atoms with van der Waals surface area (Å²) in [5, 5.41) is 12.4. The van der Waals surface area contributed by atoms with E-state index in [1.165, 1.54) is 5.56 Å². The van der Waals surface area contributed by atoms with Crippen molar-refractivity contribution < 1.29 is 4.74 Å². The predicted octanol–water partition coefficient (Wildman–Crippen LogP) is 4.48. The van der Waals surface area contributed by atoms with Gasteiger partial charge in [-0.05, 0) is 54.8 Å². The Balaban J connectivity index is 1.80. The lowest BCUT2D eigenvalue weighted by molar-refractivity contribution is 0.0544. The van der Waals surface area contributed by atoms with Gasteiger partial charge in [0.2, 0.25) is 0 Å². The molecule has 4 heteroatoms. The summed E-state index contributed by atoms with van der Waals surface area (Å²) in [6.07, 6.45) is 2.01. The van der Waals surface area contributed by atoms with Crippen LogP contribution in [0.5, 0.6) is 0 Å². The van der Waals surface area contributed by atoms with Gasteiger partial charge in [0, 0.05) is 35.3 Å². The monoisotopic (exact) mass is 370 g/mol. The maximum atomic E-state index is 8.89. The summed E-state index contributed by atoms with van der Waals surface area (Å²) >= 11 is 3.58. The van der Waals surface area contributed by atoms with Gasteiger partial charge in [0.25, 0.3) is 0 Å². The van der Waals surface area contributed by atoms with Crippen molar-refractivity contribution in [3.8, 4) is 6.07 Å². The zero-order chi connectivity index (χ0) is 16.1. The average Bonchev–Trinajstić information content (AvgIpc) is 2.61. The zero-order valence-corrected chi connectivity index (χ0v) is 14.5. The van der Waals surface area contributed by atoms with Crippen LogP contribution < -0.4 is 5.32 Å². The van der Waals surface area contributed by atoms with E-state index in [1.54, 1.807) is 0 Å². The quantitative estimate of drug-likeness (QED) is 0.862. The SMILES string of the molecule is N#Cc1ccc(NCC2(c3cccc(Br)c3)CCOCC2)cc1. The zero-order valence-electron chi connectivity index (χ0n) is 12.9. The highest BCUT2D eigenvalue weighted by Gasteiger charge is 2.34. The fourth-order valence-corrected chi connectivity index (χ4v) is 3.48. The molecule has 2 aromatic rings. The molecule has 1 aliphatic rings. The van der Waals surface area contributed by atoms with Crippen LogP contribution in [0.2, 0.25) is 0 Å². The third kappa shape index (κ3) is 3.74. The van der Waals surface area contributed by atoms with Gasteiger partial charge in [-0.25, -0.2) is 0 Å². The maximum absolute atomic E-state index is 8.89. The van der Waals surface area contributed by atoms with Crippen LogP contribution in [-0.4, -0.2) is 19.8 Å². The molecule has 1 heterocycles. The Morgan fingerprint density at radius 1 is 1.13 bits per heavy atom. The van der Waals surface area contributed by atoms with Crippen LogP contribution in [0.25, 0.3) is 0 Å². The first-order valence-electron chi connectivity index (χ1n) is 7.80. The van der Waals surface area contributed by atoms with Crippen molar-refractivity contribution in [3.63, 3.8) is 0 Å². The van der Waals surface area contributed by atoms with E-state index in [0.29, 0.717) is 5.56 Å². The van der Waals surface area contributed by atoms with Crippen molar-refractivity contribution in [2.24, 2.45) is 0 Å². The lowest BCUT2D eigenvalue weighted by Crippen LogP contribution is -2.40. The molecule has 1 aliphatic heterocycles. The molecule has 3 nitrogen and oxygen atoms in total. The van der Waals surface area contributed by atoms with Crippen LogP contribution >= 0.6 is 15.9 Å². The number of hydrogen-bond acceptors (Lipinski definition) is 3. The summed E-state index contributed by atoms with van der Waals surface area (Å²) in [5.41, 5.74) is 3.15. The molecule has 0 bridgehead atoms. The minimum atomic E-state index is 0.0793. The number of benzene rings is 2. The standard InChI is InChI=1S/C19H19BrN2O/c20-17-3-1-2-16(12-17)19(8-10-23-11-9-19)14-22-18-6-4-15(13-21)5-7-18/h1-7,12,22H,8-11,14H2. The lowest BCUT2D eigenvalue weighted by Gasteiger charge is -2.38. The van der Waals surface area contributed by atoms with Gasteiger partial charge in [0.05, 0.1) is 11.6 Å². The first-order chi connectivity index (χ1) is 11.2.